The van der Waals surface area contributed by atoms with Crippen LogP contribution >= 0.6 is 0 Å². The quantitative estimate of drug-likeness (QED) is 0.185. The minimum atomic E-state index is 0.171. The molecule has 1 N–H and O–H groups in total. The molecule has 0 spiro atoms. The molecule has 1 unspecified atom stereocenters. The monoisotopic (exact) mass is 739 g/mol. The Kier molecular flexibility index (Phi) is 8.22. The number of fused-ring (bicyclic) bond motifs is 4. The lowest BCUT2D eigenvalue weighted by molar-refractivity contribution is 1.03. The van der Waals surface area contributed by atoms with Crippen molar-refractivity contribution >= 4 is 32.8 Å². The summed E-state index contributed by atoms with van der Waals surface area (Å²) in [5.41, 5.74) is 15.9. The summed E-state index contributed by atoms with van der Waals surface area (Å²) in [4.78, 5) is 10.4. The van der Waals surface area contributed by atoms with Gasteiger partial charge in [0.1, 0.15) is 0 Å². The van der Waals surface area contributed by atoms with E-state index in [1.54, 1.807) is 0 Å². The zero-order chi connectivity index (χ0) is 38.4. The maximum absolute atomic E-state index is 5.21. The van der Waals surface area contributed by atoms with E-state index in [0.29, 0.717) is 5.82 Å². The van der Waals surface area contributed by atoms with Crippen LogP contribution in [0.4, 0.5) is 5.69 Å². The van der Waals surface area contributed by atoms with Crippen molar-refractivity contribution in [3.05, 3.63) is 229 Å². The van der Waals surface area contributed by atoms with E-state index < -0.39 is 0 Å². The molecule has 0 saturated heterocycles. The Bertz CT molecular complexity index is 3110. The first-order valence-corrected chi connectivity index (χ1v) is 19.8. The van der Waals surface area contributed by atoms with Crippen molar-refractivity contribution < 1.29 is 0 Å². The molecule has 8 aromatic carbocycles. The van der Waals surface area contributed by atoms with Gasteiger partial charge in [0, 0.05) is 27.9 Å². The highest BCUT2D eigenvalue weighted by Crippen LogP contribution is 2.41. The minimum absolute atomic E-state index is 0.171. The maximum atomic E-state index is 5.21. The Balaban J connectivity index is 0.952. The molecule has 2 heterocycles. The van der Waals surface area contributed by atoms with E-state index in [4.69, 9.17) is 9.97 Å². The highest BCUT2D eigenvalue weighted by atomic mass is 14.9. The lowest BCUT2D eigenvalue weighted by atomic mass is 9.83. The average Bonchev–Trinajstić information content (AvgIpc) is 3.30. The highest BCUT2D eigenvalue weighted by Gasteiger charge is 2.25. The van der Waals surface area contributed by atoms with Gasteiger partial charge in [0.2, 0.25) is 0 Å². The number of nitrogens with one attached hydrogen (secondary N) is 1. The molecule has 0 fully saturated rings. The van der Waals surface area contributed by atoms with Gasteiger partial charge in [0.05, 0.1) is 17.4 Å². The Morgan fingerprint density at radius 2 is 1.00 bits per heavy atom. The van der Waals surface area contributed by atoms with Crippen molar-refractivity contribution in [2.45, 2.75) is 6.04 Å². The van der Waals surface area contributed by atoms with Gasteiger partial charge in [0.25, 0.3) is 0 Å². The summed E-state index contributed by atoms with van der Waals surface area (Å²) >= 11 is 0. The van der Waals surface area contributed by atoms with Gasteiger partial charge in [-0.3, -0.25) is 0 Å². The van der Waals surface area contributed by atoms with Crippen molar-refractivity contribution in [1.29, 1.82) is 0 Å². The van der Waals surface area contributed by atoms with Gasteiger partial charge in [-0.25, -0.2) is 9.97 Å². The van der Waals surface area contributed by atoms with E-state index >= 15 is 0 Å². The molecule has 0 radical (unpaired) electrons. The number of benzene rings is 8. The second-order valence-corrected chi connectivity index (χ2v) is 15.0. The van der Waals surface area contributed by atoms with Crippen LogP contribution < -0.4 is 5.32 Å². The maximum Gasteiger partial charge on any atom is 0.160 e. The van der Waals surface area contributed by atoms with Crippen LogP contribution in [0.15, 0.2) is 218 Å². The van der Waals surface area contributed by atoms with Gasteiger partial charge in [-0.1, -0.05) is 188 Å². The molecule has 1 aliphatic carbocycles. The molecule has 3 heteroatoms. The Hall–Kier alpha value is -7.62. The molecule has 58 heavy (non-hydrogen) atoms. The smallest absolute Gasteiger partial charge is 0.160 e. The lowest BCUT2D eigenvalue weighted by Crippen LogP contribution is -2.25. The van der Waals surface area contributed by atoms with Crippen LogP contribution in [-0.2, 0) is 0 Å². The molecule has 9 aromatic rings. The van der Waals surface area contributed by atoms with Gasteiger partial charge >= 0.3 is 0 Å². The van der Waals surface area contributed by atoms with Gasteiger partial charge < -0.3 is 5.32 Å². The molecule has 11 rings (SSSR count). The molecule has 1 aliphatic heterocycles. The fourth-order valence-electron chi connectivity index (χ4n) is 8.55. The van der Waals surface area contributed by atoms with E-state index in [9.17, 15) is 0 Å². The van der Waals surface area contributed by atoms with E-state index in [-0.39, 0.29) is 6.04 Å². The molecule has 0 amide bonds. The molecule has 3 nitrogen and oxygen atoms in total. The molecule has 2 aliphatic rings. The first-order valence-electron chi connectivity index (χ1n) is 19.8. The third kappa shape index (κ3) is 6.10. The number of anilines is 1. The zero-order valence-electron chi connectivity index (χ0n) is 31.7. The Morgan fingerprint density at radius 3 is 1.84 bits per heavy atom. The van der Waals surface area contributed by atoms with Crippen molar-refractivity contribution in [3.8, 4) is 56.2 Å². The van der Waals surface area contributed by atoms with Gasteiger partial charge in [-0.2, -0.15) is 0 Å². The zero-order valence-corrected chi connectivity index (χ0v) is 31.7. The minimum Gasteiger partial charge on any atom is -0.374 e. The first kappa shape index (κ1) is 33.7. The molecule has 1 atom stereocenters. The third-order valence-corrected chi connectivity index (χ3v) is 11.5. The van der Waals surface area contributed by atoms with E-state index in [1.807, 2.05) is 6.07 Å². The largest absolute Gasteiger partial charge is 0.374 e. The predicted molar refractivity (Wildman–Crippen MR) is 242 cm³/mol. The summed E-state index contributed by atoms with van der Waals surface area (Å²) in [5.74, 6) is 0.704. The van der Waals surface area contributed by atoms with Gasteiger partial charge in [-0.05, 0) is 84.8 Å². The van der Waals surface area contributed by atoms with Crippen LogP contribution in [0, 0.1) is 0 Å². The van der Waals surface area contributed by atoms with Crippen molar-refractivity contribution in [1.82, 2.24) is 9.97 Å². The molecule has 272 valence electrons. The Morgan fingerprint density at radius 1 is 0.397 bits per heavy atom. The van der Waals surface area contributed by atoms with E-state index in [0.717, 1.165) is 33.6 Å². The number of rotatable bonds is 6. The van der Waals surface area contributed by atoms with Gasteiger partial charge in [-0.15, -0.1) is 0 Å². The molecule has 0 bridgehead atoms. The number of hydrogen-bond donors (Lipinski definition) is 1. The summed E-state index contributed by atoms with van der Waals surface area (Å²) in [6, 6.07) is 67.4. The van der Waals surface area contributed by atoms with Crippen molar-refractivity contribution in [2.24, 2.45) is 0 Å². The van der Waals surface area contributed by atoms with Crippen molar-refractivity contribution in [3.63, 3.8) is 0 Å². The van der Waals surface area contributed by atoms with Crippen LogP contribution in [0.2, 0.25) is 0 Å². The molecule has 1 aromatic heterocycles. The summed E-state index contributed by atoms with van der Waals surface area (Å²) < 4.78 is 0. The highest BCUT2D eigenvalue weighted by molar-refractivity contribution is 5.97. The fourth-order valence-corrected chi connectivity index (χ4v) is 8.55. The average molecular weight is 740 g/mol. The first-order chi connectivity index (χ1) is 28.7. The van der Waals surface area contributed by atoms with Crippen molar-refractivity contribution in [2.75, 3.05) is 5.32 Å². The lowest BCUT2D eigenvalue weighted by Gasteiger charge is -2.31. The normalized spacial score (nSPS) is 14.3. The molecular formula is C55H37N3. The molecular weight excluding hydrogens is 703 g/mol. The Labute approximate surface area is 338 Å². The standard InChI is InChI=1S/C55H37N3/c1-2-11-36(12-3-1)37-23-27-41(28-24-37)55-57-52(35-53(58-55)47-18-10-14-39-13-4-5-15-46(39)47)45-32-31-43-33-42(29-30-44(43)34-45)38-21-25-40(26-22-38)54-48-16-6-8-19-50(48)56-51-20-9-7-17-49(51)54/h1-35,50,56H. The number of aromatic nitrogens is 2. The number of para-hydroxylation sites is 1. The van der Waals surface area contributed by atoms with Crippen LogP contribution in [0.5, 0.6) is 0 Å². The third-order valence-electron chi connectivity index (χ3n) is 11.5. The van der Waals surface area contributed by atoms with Crippen LogP contribution in [0.3, 0.4) is 0 Å². The number of nitrogens with zero attached hydrogens (tertiary/aromatic N) is 2. The van der Waals surface area contributed by atoms with Crippen LogP contribution in [0.1, 0.15) is 11.1 Å². The van der Waals surface area contributed by atoms with E-state index in [2.05, 4.69) is 212 Å². The predicted octanol–water partition coefficient (Wildman–Crippen LogP) is 13.8. The second-order valence-electron chi connectivity index (χ2n) is 15.0. The topological polar surface area (TPSA) is 37.8 Å². The van der Waals surface area contributed by atoms with Crippen LogP contribution in [-0.4, -0.2) is 16.0 Å². The van der Waals surface area contributed by atoms with Gasteiger partial charge in [0.15, 0.2) is 5.82 Å². The molecule has 0 saturated carbocycles. The summed E-state index contributed by atoms with van der Waals surface area (Å²) in [5, 5.41) is 8.41. The fraction of sp³-hybridized carbons (Fsp3) is 0.0182. The summed E-state index contributed by atoms with van der Waals surface area (Å²) in [6.45, 7) is 0. The number of allylic oxidation sites excluding steroid dienone is 2. The van der Waals surface area contributed by atoms with E-state index in [1.165, 1.54) is 66.2 Å². The second kappa shape index (κ2) is 14.1. The summed E-state index contributed by atoms with van der Waals surface area (Å²) in [7, 11) is 0. The summed E-state index contributed by atoms with van der Waals surface area (Å²) in [6.07, 6.45) is 8.73. The SMILES string of the molecule is C1=CC2=C(c3ccc(-c4ccc5cc(-c6cc(-c7cccc8ccccc78)nc(-c7ccc(-c8ccccc8)cc7)n6)ccc5c4)cc3)c3ccccc3NC2C=C1. The van der Waals surface area contributed by atoms with Crippen LogP contribution in [0.25, 0.3) is 83.3 Å². The number of hydrogen-bond acceptors (Lipinski definition) is 3.